The normalized spacial score (nSPS) is 20.8. The van der Waals surface area contributed by atoms with Gasteiger partial charge >= 0.3 is 0 Å². The second-order valence-electron chi connectivity index (χ2n) is 7.85. The summed E-state index contributed by atoms with van der Waals surface area (Å²) in [6.07, 6.45) is 7.18. The van der Waals surface area contributed by atoms with Crippen LogP contribution in [-0.2, 0) is 0 Å². The van der Waals surface area contributed by atoms with Crippen LogP contribution in [0.25, 0.3) is 6.08 Å². The molecule has 2 saturated heterocycles. The Morgan fingerprint density at radius 3 is 2.57 bits per heavy atom. The highest BCUT2D eigenvalue weighted by Gasteiger charge is 2.22. The third-order valence-corrected chi connectivity index (χ3v) is 5.62. The maximum atomic E-state index is 5.01. The maximum Gasteiger partial charge on any atom is 0.193 e. The zero-order chi connectivity index (χ0) is 18.9. The lowest BCUT2D eigenvalue weighted by Gasteiger charge is -2.31. The van der Waals surface area contributed by atoms with Crippen LogP contribution in [0.3, 0.4) is 0 Å². The molecular weight excluding hydrogens is 459 g/mol. The number of nitrogens with one attached hydrogen (secondary N) is 1. The molecule has 1 unspecified atom stereocenters. The lowest BCUT2D eigenvalue weighted by molar-refractivity contribution is 0.325. The highest BCUT2D eigenvalue weighted by Crippen LogP contribution is 2.20. The van der Waals surface area contributed by atoms with Crippen molar-refractivity contribution in [3.63, 3.8) is 0 Å². The van der Waals surface area contributed by atoms with Crippen molar-refractivity contribution in [2.24, 2.45) is 10.9 Å². The second kappa shape index (κ2) is 12.5. The van der Waals surface area contributed by atoms with E-state index in [0.29, 0.717) is 0 Å². The van der Waals surface area contributed by atoms with Crippen LogP contribution in [0.1, 0.15) is 45.1 Å². The van der Waals surface area contributed by atoms with Gasteiger partial charge < -0.3 is 15.1 Å². The number of piperidine rings is 1. The van der Waals surface area contributed by atoms with E-state index in [1.165, 1.54) is 38.0 Å². The fourth-order valence-corrected chi connectivity index (χ4v) is 4.16. The molecule has 156 valence electrons. The van der Waals surface area contributed by atoms with Crippen molar-refractivity contribution in [1.82, 2.24) is 15.1 Å². The zero-order valence-electron chi connectivity index (χ0n) is 17.6. The first-order chi connectivity index (χ1) is 13.3. The predicted molar refractivity (Wildman–Crippen MR) is 131 cm³/mol. The average molecular weight is 496 g/mol. The largest absolute Gasteiger partial charge is 0.357 e. The maximum absolute atomic E-state index is 5.01. The van der Waals surface area contributed by atoms with Gasteiger partial charge in [0.1, 0.15) is 0 Å². The van der Waals surface area contributed by atoms with E-state index in [1.807, 2.05) is 0 Å². The van der Waals surface area contributed by atoms with Crippen LogP contribution < -0.4 is 5.32 Å². The molecule has 4 nitrogen and oxygen atoms in total. The SMILES string of the molecule is CCCN1CCC(CN=C(NCC)N2CCC(=Cc3ccccc3)CC2)C1.I. The molecule has 1 N–H and O–H groups in total. The lowest BCUT2D eigenvalue weighted by Crippen LogP contribution is -2.44. The van der Waals surface area contributed by atoms with E-state index in [1.54, 1.807) is 5.57 Å². The number of hydrogen-bond donors (Lipinski definition) is 1. The van der Waals surface area contributed by atoms with E-state index < -0.39 is 0 Å². The van der Waals surface area contributed by atoms with Crippen LogP contribution in [0.2, 0.25) is 0 Å². The van der Waals surface area contributed by atoms with Gasteiger partial charge in [-0.05, 0) is 57.2 Å². The number of halogens is 1. The molecule has 0 radical (unpaired) electrons. The molecule has 0 spiro atoms. The number of hydrogen-bond acceptors (Lipinski definition) is 2. The van der Waals surface area contributed by atoms with Crippen LogP contribution in [-0.4, -0.2) is 61.6 Å². The molecule has 0 saturated carbocycles. The average Bonchev–Trinajstić information content (AvgIpc) is 3.14. The molecule has 5 heteroatoms. The smallest absolute Gasteiger partial charge is 0.193 e. The molecular formula is C23H37IN4. The third-order valence-electron chi connectivity index (χ3n) is 5.62. The van der Waals surface area contributed by atoms with Gasteiger partial charge in [0.25, 0.3) is 0 Å². The number of rotatable bonds is 6. The van der Waals surface area contributed by atoms with Crippen molar-refractivity contribution in [3.05, 3.63) is 41.5 Å². The Kier molecular flexibility index (Phi) is 10.3. The van der Waals surface area contributed by atoms with Crippen LogP contribution in [0.4, 0.5) is 0 Å². The summed E-state index contributed by atoms with van der Waals surface area (Å²) < 4.78 is 0. The van der Waals surface area contributed by atoms with Crippen LogP contribution in [0, 0.1) is 5.92 Å². The highest BCUT2D eigenvalue weighted by atomic mass is 127. The monoisotopic (exact) mass is 496 g/mol. The minimum Gasteiger partial charge on any atom is -0.357 e. The van der Waals surface area contributed by atoms with E-state index in [0.717, 1.165) is 50.9 Å². The van der Waals surface area contributed by atoms with Crippen molar-refractivity contribution >= 4 is 36.0 Å². The van der Waals surface area contributed by atoms with E-state index in [-0.39, 0.29) is 24.0 Å². The van der Waals surface area contributed by atoms with Crippen molar-refractivity contribution in [2.75, 3.05) is 45.8 Å². The minimum atomic E-state index is 0. The fourth-order valence-electron chi connectivity index (χ4n) is 4.16. The molecule has 28 heavy (non-hydrogen) atoms. The fraction of sp³-hybridized carbons (Fsp3) is 0.609. The van der Waals surface area contributed by atoms with Crippen molar-refractivity contribution in [2.45, 2.75) is 39.5 Å². The first-order valence-electron chi connectivity index (χ1n) is 10.8. The van der Waals surface area contributed by atoms with E-state index >= 15 is 0 Å². The first kappa shape index (κ1) is 23.2. The van der Waals surface area contributed by atoms with Gasteiger partial charge in [0.2, 0.25) is 0 Å². The molecule has 2 aliphatic heterocycles. The quantitative estimate of drug-likeness (QED) is 0.358. The van der Waals surface area contributed by atoms with Gasteiger partial charge in [-0.15, -0.1) is 24.0 Å². The molecule has 2 heterocycles. The number of likely N-dealkylation sites (tertiary alicyclic amines) is 2. The summed E-state index contributed by atoms with van der Waals surface area (Å²) in [5.74, 6) is 1.84. The van der Waals surface area contributed by atoms with Gasteiger partial charge in [0.05, 0.1) is 0 Å². The van der Waals surface area contributed by atoms with Gasteiger partial charge in [-0.1, -0.05) is 48.9 Å². The van der Waals surface area contributed by atoms with Gasteiger partial charge in [-0.3, -0.25) is 4.99 Å². The predicted octanol–water partition coefficient (Wildman–Crippen LogP) is 4.48. The van der Waals surface area contributed by atoms with Crippen molar-refractivity contribution in [1.29, 1.82) is 0 Å². The summed E-state index contributed by atoms with van der Waals surface area (Å²) in [6, 6.07) is 10.7. The Balaban J connectivity index is 0.00000280. The summed E-state index contributed by atoms with van der Waals surface area (Å²) >= 11 is 0. The summed E-state index contributed by atoms with van der Waals surface area (Å²) in [5, 5.41) is 3.52. The number of aliphatic imine (C=N–C) groups is 1. The number of nitrogens with zero attached hydrogens (tertiary/aromatic N) is 3. The lowest BCUT2D eigenvalue weighted by atomic mass is 10.0. The zero-order valence-corrected chi connectivity index (χ0v) is 19.9. The third kappa shape index (κ3) is 7.07. The topological polar surface area (TPSA) is 30.9 Å². The number of guanidine groups is 1. The van der Waals surface area contributed by atoms with E-state index in [9.17, 15) is 0 Å². The summed E-state index contributed by atoms with van der Waals surface area (Å²) in [4.78, 5) is 10.0. The Labute approximate surface area is 188 Å². The molecule has 0 amide bonds. The highest BCUT2D eigenvalue weighted by molar-refractivity contribution is 14.0. The van der Waals surface area contributed by atoms with Gasteiger partial charge in [0.15, 0.2) is 5.96 Å². The van der Waals surface area contributed by atoms with Crippen LogP contribution >= 0.6 is 24.0 Å². The summed E-state index contributed by atoms with van der Waals surface area (Å²) in [7, 11) is 0. The second-order valence-corrected chi connectivity index (χ2v) is 7.85. The van der Waals surface area contributed by atoms with Crippen LogP contribution in [0.5, 0.6) is 0 Å². The molecule has 0 aliphatic carbocycles. The molecule has 2 fully saturated rings. The van der Waals surface area contributed by atoms with Crippen molar-refractivity contribution < 1.29 is 0 Å². The summed E-state index contributed by atoms with van der Waals surface area (Å²) in [5.41, 5.74) is 2.87. The molecule has 1 aromatic rings. The minimum absolute atomic E-state index is 0. The Morgan fingerprint density at radius 2 is 1.89 bits per heavy atom. The molecule has 1 atom stereocenters. The van der Waals surface area contributed by atoms with Crippen molar-refractivity contribution in [3.8, 4) is 0 Å². The standard InChI is InChI=1S/C23H36N4.HI/c1-3-13-26-14-10-22(19-26)18-25-23(24-4-2)27-15-11-21(12-16-27)17-20-8-6-5-7-9-20;/h5-9,17,22H,3-4,10-16,18-19H2,1-2H3,(H,24,25);1H. The first-order valence-corrected chi connectivity index (χ1v) is 10.8. The Morgan fingerprint density at radius 1 is 1.14 bits per heavy atom. The van der Waals surface area contributed by atoms with Gasteiger partial charge in [-0.2, -0.15) is 0 Å². The van der Waals surface area contributed by atoms with Gasteiger partial charge in [0, 0.05) is 32.7 Å². The van der Waals surface area contributed by atoms with E-state index in [4.69, 9.17) is 4.99 Å². The molecule has 2 aliphatic rings. The molecule has 0 bridgehead atoms. The molecule has 3 rings (SSSR count). The van der Waals surface area contributed by atoms with E-state index in [2.05, 4.69) is 65.4 Å². The Bertz CT molecular complexity index is 619. The summed E-state index contributed by atoms with van der Waals surface area (Å²) in [6.45, 7) is 12.2. The van der Waals surface area contributed by atoms with Gasteiger partial charge in [-0.25, -0.2) is 0 Å². The Hall–Kier alpha value is -1.08. The molecule has 0 aromatic heterocycles. The van der Waals surface area contributed by atoms with Crippen LogP contribution in [0.15, 0.2) is 40.9 Å². The number of benzene rings is 1. The molecule has 1 aromatic carbocycles.